The van der Waals surface area contributed by atoms with Crippen LogP contribution in [-0.4, -0.2) is 66.3 Å². The number of methoxy groups -OCH3 is 2. The van der Waals surface area contributed by atoms with Crippen LogP contribution in [0.5, 0.6) is 11.5 Å². The second kappa shape index (κ2) is 8.22. The first-order chi connectivity index (χ1) is 13.4. The number of rotatable bonds is 5. The Labute approximate surface area is 168 Å². The molecule has 8 nitrogen and oxygen atoms in total. The summed E-state index contributed by atoms with van der Waals surface area (Å²) in [6.07, 6.45) is 3.20. The summed E-state index contributed by atoms with van der Waals surface area (Å²) in [5.74, 6) is 2.55. The molecule has 2 aliphatic rings. The predicted molar refractivity (Wildman–Crippen MR) is 107 cm³/mol. The van der Waals surface area contributed by atoms with Gasteiger partial charge in [0.25, 0.3) is 0 Å². The molecular formula is C19H23N3O5S. The van der Waals surface area contributed by atoms with Crippen molar-refractivity contribution in [1.82, 2.24) is 10.6 Å². The third-order valence-corrected chi connectivity index (χ3v) is 5.48. The molecule has 0 aromatic heterocycles. The average molecular weight is 405 g/mol. The minimum absolute atomic E-state index is 0.0796. The van der Waals surface area contributed by atoms with Crippen molar-refractivity contribution in [2.24, 2.45) is 5.92 Å². The number of terminal acetylenes is 1. The van der Waals surface area contributed by atoms with Gasteiger partial charge in [-0.25, -0.2) is 0 Å². The standard InChI is InChI=1S/C19H23N3O5S/c1-4-5-20-18(25)13-9-14(23)17(24)15-16(13)22(19(28)21-15)10-6-11(26-2)8-12(7-10)27-3/h1,6-8,13-17,23-24H,5,9H2,2-3H3,(H,20,25)(H,21,28). The Morgan fingerprint density at radius 3 is 2.57 bits per heavy atom. The summed E-state index contributed by atoms with van der Waals surface area (Å²) in [5.41, 5.74) is 0.652. The third-order valence-electron chi connectivity index (χ3n) is 5.16. The maximum atomic E-state index is 12.7. The second-order valence-corrected chi connectivity index (χ2v) is 7.12. The number of nitrogens with one attached hydrogen (secondary N) is 2. The van der Waals surface area contributed by atoms with E-state index in [0.29, 0.717) is 22.3 Å². The highest BCUT2D eigenvalue weighted by Gasteiger charge is 2.54. The van der Waals surface area contributed by atoms with E-state index in [4.69, 9.17) is 28.1 Å². The molecule has 1 aliphatic heterocycles. The number of aliphatic hydroxyl groups is 2. The fourth-order valence-corrected chi connectivity index (χ4v) is 4.20. The summed E-state index contributed by atoms with van der Waals surface area (Å²) >= 11 is 5.49. The molecule has 0 radical (unpaired) electrons. The minimum atomic E-state index is -1.07. The van der Waals surface area contributed by atoms with E-state index < -0.39 is 30.2 Å². The molecule has 3 rings (SSSR count). The van der Waals surface area contributed by atoms with Crippen molar-refractivity contribution in [2.75, 3.05) is 25.7 Å². The number of carbonyl (C=O) groups excluding carboxylic acids is 1. The van der Waals surface area contributed by atoms with Gasteiger partial charge in [-0.2, -0.15) is 0 Å². The number of ether oxygens (including phenoxy) is 2. The first-order valence-corrected chi connectivity index (χ1v) is 9.22. The quantitative estimate of drug-likeness (QED) is 0.389. The van der Waals surface area contributed by atoms with Gasteiger partial charge in [0.1, 0.15) is 17.6 Å². The summed E-state index contributed by atoms with van der Waals surface area (Å²) in [7, 11) is 3.08. The van der Waals surface area contributed by atoms with Crippen LogP contribution >= 0.6 is 12.2 Å². The molecule has 2 fully saturated rings. The molecule has 1 aromatic rings. The van der Waals surface area contributed by atoms with Crippen molar-refractivity contribution >= 4 is 28.9 Å². The molecule has 5 unspecified atom stereocenters. The van der Waals surface area contributed by atoms with Crippen molar-refractivity contribution < 1.29 is 24.5 Å². The number of hydrogen-bond donors (Lipinski definition) is 4. The largest absolute Gasteiger partial charge is 0.497 e. The van der Waals surface area contributed by atoms with Crippen LogP contribution < -0.4 is 25.0 Å². The molecule has 1 amide bonds. The first kappa shape index (κ1) is 20.2. The number of hydrogen-bond acceptors (Lipinski definition) is 6. The lowest BCUT2D eigenvalue weighted by molar-refractivity contribution is -0.130. The molecule has 4 N–H and O–H groups in total. The molecule has 0 bridgehead atoms. The highest BCUT2D eigenvalue weighted by molar-refractivity contribution is 7.80. The summed E-state index contributed by atoms with van der Waals surface area (Å²) in [6, 6.07) is 4.14. The Hall–Kier alpha value is -2.54. The minimum Gasteiger partial charge on any atom is -0.497 e. The van der Waals surface area contributed by atoms with Crippen molar-refractivity contribution in [1.29, 1.82) is 0 Å². The van der Waals surface area contributed by atoms with E-state index >= 15 is 0 Å². The Morgan fingerprint density at radius 1 is 1.36 bits per heavy atom. The molecule has 1 saturated heterocycles. The number of benzene rings is 1. The van der Waals surface area contributed by atoms with Crippen LogP contribution in [-0.2, 0) is 4.79 Å². The van der Waals surface area contributed by atoms with Crippen molar-refractivity contribution in [3.63, 3.8) is 0 Å². The molecular weight excluding hydrogens is 382 g/mol. The van der Waals surface area contributed by atoms with Crippen LogP contribution in [0.15, 0.2) is 18.2 Å². The van der Waals surface area contributed by atoms with Crippen LogP contribution in [0.4, 0.5) is 5.69 Å². The summed E-state index contributed by atoms with van der Waals surface area (Å²) < 4.78 is 10.7. The maximum Gasteiger partial charge on any atom is 0.226 e. The number of aliphatic hydroxyl groups excluding tert-OH is 2. The smallest absolute Gasteiger partial charge is 0.226 e. The van der Waals surface area contributed by atoms with Gasteiger partial charge in [0.15, 0.2) is 5.11 Å². The summed E-state index contributed by atoms with van der Waals surface area (Å²) in [4.78, 5) is 14.5. The van der Waals surface area contributed by atoms with Gasteiger partial charge < -0.3 is 35.2 Å². The number of amides is 1. The van der Waals surface area contributed by atoms with E-state index in [0.717, 1.165) is 0 Å². The number of anilines is 1. The highest BCUT2D eigenvalue weighted by Crippen LogP contribution is 2.39. The molecule has 150 valence electrons. The molecule has 0 spiro atoms. The number of fused-ring (bicyclic) bond motifs is 1. The lowest BCUT2D eigenvalue weighted by atomic mass is 9.77. The van der Waals surface area contributed by atoms with Gasteiger partial charge in [-0.1, -0.05) is 5.92 Å². The van der Waals surface area contributed by atoms with Crippen molar-refractivity contribution in [3.8, 4) is 23.8 Å². The van der Waals surface area contributed by atoms with E-state index in [-0.39, 0.29) is 18.9 Å². The van der Waals surface area contributed by atoms with Gasteiger partial charge in [0.05, 0.1) is 50.6 Å². The van der Waals surface area contributed by atoms with E-state index in [2.05, 4.69) is 16.6 Å². The predicted octanol–water partition coefficient (Wildman–Crippen LogP) is -0.373. The van der Waals surface area contributed by atoms with Crippen LogP contribution in [0.25, 0.3) is 0 Å². The van der Waals surface area contributed by atoms with Gasteiger partial charge in [-0.3, -0.25) is 4.79 Å². The fraction of sp³-hybridized carbons (Fsp3) is 0.474. The highest BCUT2D eigenvalue weighted by atomic mass is 32.1. The molecule has 9 heteroatoms. The Morgan fingerprint density at radius 2 is 2.00 bits per heavy atom. The average Bonchev–Trinajstić information content (AvgIpc) is 3.05. The van der Waals surface area contributed by atoms with Gasteiger partial charge in [-0.15, -0.1) is 6.42 Å². The normalized spacial score (nSPS) is 28.8. The number of thiocarbonyl (C=S) groups is 1. The number of nitrogens with zero attached hydrogens (tertiary/aromatic N) is 1. The SMILES string of the molecule is C#CCNC(=O)C1CC(O)C(O)C2NC(=S)N(c3cc(OC)cc(OC)c3)C12. The zero-order valence-electron chi connectivity index (χ0n) is 15.6. The second-order valence-electron chi connectivity index (χ2n) is 6.73. The van der Waals surface area contributed by atoms with Gasteiger partial charge in [0.2, 0.25) is 5.91 Å². The molecule has 1 aliphatic carbocycles. The van der Waals surface area contributed by atoms with Gasteiger partial charge >= 0.3 is 0 Å². The van der Waals surface area contributed by atoms with E-state index in [1.807, 2.05) is 0 Å². The lowest BCUT2D eigenvalue weighted by Crippen LogP contribution is -2.61. The molecule has 1 aromatic carbocycles. The Balaban J connectivity index is 2.02. The monoisotopic (exact) mass is 405 g/mol. The molecule has 28 heavy (non-hydrogen) atoms. The fourth-order valence-electron chi connectivity index (χ4n) is 3.84. The number of carbonyl (C=O) groups is 1. The lowest BCUT2D eigenvalue weighted by Gasteiger charge is -2.41. The Bertz CT molecular complexity index is 789. The zero-order chi connectivity index (χ0) is 20.4. The molecule has 1 heterocycles. The van der Waals surface area contributed by atoms with Crippen molar-refractivity contribution in [2.45, 2.75) is 30.7 Å². The van der Waals surface area contributed by atoms with Gasteiger partial charge in [-0.05, 0) is 18.6 Å². The maximum absolute atomic E-state index is 12.7. The van der Waals surface area contributed by atoms with Crippen LogP contribution in [0, 0.1) is 18.3 Å². The topological polar surface area (TPSA) is 103 Å². The van der Waals surface area contributed by atoms with Crippen LogP contribution in [0.2, 0.25) is 0 Å². The summed E-state index contributed by atoms with van der Waals surface area (Å²) in [6.45, 7) is 0.0796. The Kier molecular flexibility index (Phi) is 5.93. The molecule has 5 atom stereocenters. The van der Waals surface area contributed by atoms with E-state index in [1.54, 1.807) is 37.3 Å². The zero-order valence-corrected chi connectivity index (χ0v) is 16.4. The van der Waals surface area contributed by atoms with Crippen molar-refractivity contribution in [3.05, 3.63) is 18.2 Å². The third kappa shape index (κ3) is 3.58. The first-order valence-electron chi connectivity index (χ1n) is 8.81. The van der Waals surface area contributed by atoms with E-state index in [1.165, 1.54) is 0 Å². The van der Waals surface area contributed by atoms with Crippen LogP contribution in [0.3, 0.4) is 0 Å². The molecule has 1 saturated carbocycles. The van der Waals surface area contributed by atoms with E-state index in [9.17, 15) is 15.0 Å². The van der Waals surface area contributed by atoms with Gasteiger partial charge in [0, 0.05) is 18.2 Å². The van der Waals surface area contributed by atoms with Crippen LogP contribution in [0.1, 0.15) is 6.42 Å². The summed E-state index contributed by atoms with van der Waals surface area (Å²) in [5, 5.41) is 26.8.